The third-order valence-electron chi connectivity index (χ3n) is 9.67. The van der Waals surface area contributed by atoms with Gasteiger partial charge in [-0.25, -0.2) is 29.9 Å². The van der Waals surface area contributed by atoms with Crippen LogP contribution in [-0.4, -0.2) is 51.0 Å². The number of aromatic nitrogens is 6. The molecule has 3 aliphatic rings. The van der Waals surface area contributed by atoms with Crippen LogP contribution in [0.5, 0.6) is 0 Å². The van der Waals surface area contributed by atoms with Gasteiger partial charge in [0.05, 0.1) is 34.1 Å². The summed E-state index contributed by atoms with van der Waals surface area (Å²) in [5.74, 6) is 5.14. The van der Waals surface area contributed by atoms with Crippen LogP contribution in [0.4, 0.5) is 51.6 Å². The normalized spacial score (nSPS) is 13.7. The summed E-state index contributed by atoms with van der Waals surface area (Å²) < 4.78 is 0. The molecular weight excluding hydrogens is 901 g/mol. The molecule has 0 fully saturated rings. The van der Waals surface area contributed by atoms with Crippen molar-refractivity contribution in [2.45, 2.75) is 62.3 Å². The molecule has 0 bridgehead atoms. The zero-order chi connectivity index (χ0) is 40.7. The number of rotatable bonds is 3. The standard InChI is InChI=1S/3C15H16N4.Ir/c3*1-10-6-5-7-13(8-10)19-9-18(4)14-11(2)16-12(3)17-15(14)19;/h3*5-6,8-9H,1-4H3;/q3*-2;. The Balaban J connectivity index is 0.000000145. The number of nitrogens with zero attached hydrogens (tertiary/aromatic N) is 12. The molecule has 6 heterocycles. The zero-order valence-electron chi connectivity index (χ0n) is 35.1. The first-order chi connectivity index (χ1) is 27.2. The first kappa shape index (κ1) is 42.0. The van der Waals surface area contributed by atoms with Gasteiger partial charge in [-0.15, -0.1) is 35.3 Å². The Kier molecular flexibility index (Phi) is 12.3. The van der Waals surface area contributed by atoms with E-state index in [1.807, 2.05) is 119 Å². The molecule has 58 heavy (non-hydrogen) atoms. The van der Waals surface area contributed by atoms with Gasteiger partial charge in [0.15, 0.2) is 0 Å². The van der Waals surface area contributed by atoms with Crippen LogP contribution in [0, 0.1) is 101 Å². The second-order valence-corrected chi connectivity index (χ2v) is 14.6. The van der Waals surface area contributed by atoms with Crippen molar-refractivity contribution in [3.63, 3.8) is 0 Å². The first-order valence-corrected chi connectivity index (χ1v) is 18.8. The van der Waals surface area contributed by atoms with Gasteiger partial charge in [0.1, 0.15) is 34.9 Å². The summed E-state index contributed by atoms with van der Waals surface area (Å²) >= 11 is 0. The van der Waals surface area contributed by atoms with E-state index < -0.39 is 0 Å². The SMILES string of the molecule is Cc1cc[c-]c(N2[CH-]N(C)c3c(C)nc(C)nc32)c1.Cc1cc[c-]c(N2[CH-]N(C)c3c(C)nc(C)nc32)c1.Cc1cc[c-]c(N2[CH-]N(C)c3c(C)nc(C)nc32)c1.[Ir]. The van der Waals surface area contributed by atoms with Gasteiger partial charge in [0, 0.05) is 20.1 Å². The maximum absolute atomic E-state index is 4.57. The van der Waals surface area contributed by atoms with Crippen molar-refractivity contribution in [1.29, 1.82) is 0 Å². The number of fused-ring (bicyclic) bond motifs is 3. The van der Waals surface area contributed by atoms with Gasteiger partial charge in [-0.3, -0.25) is 0 Å². The summed E-state index contributed by atoms with van der Waals surface area (Å²) in [7, 11) is 6.04. The smallest absolute Gasteiger partial charge is 0.128 e. The minimum Gasteiger partial charge on any atom is -0.501 e. The van der Waals surface area contributed by atoms with Crippen LogP contribution < -0.4 is 29.4 Å². The van der Waals surface area contributed by atoms with Crippen molar-refractivity contribution >= 4 is 51.6 Å². The Morgan fingerprint density at radius 1 is 0.414 bits per heavy atom. The molecule has 9 rings (SSSR count). The molecule has 1 radical (unpaired) electrons. The molecule has 13 heteroatoms. The number of aryl methyl sites for hydroxylation is 9. The number of anilines is 9. The minimum atomic E-state index is 0. The fourth-order valence-corrected chi connectivity index (χ4v) is 7.30. The molecule has 0 unspecified atom stereocenters. The van der Waals surface area contributed by atoms with Gasteiger partial charge in [0.25, 0.3) is 0 Å². The van der Waals surface area contributed by atoms with Crippen LogP contribution in [0.2, 0.25) is 0 Å². The number of benzene rings is 3. The van der Waals surface area contributed by atoms with E-state index in [-0.39, 0.29) is 20.1 Å². The second-order valence-electron chi connectivity index (χ2n) is 14.6. The molecule has 3 aromatic heterocycles. The molecule has 0 N–H and O–H groups in total. The molecular formula is C45H48IrN12-6. The molecule has 12 nitrogen and oxygen atoms in total. The van der Waals surface area contributed by atoms with E-state index in [1.165, 1.54) is 16.7 Å². The Labute approximate surface area is 357 Å². The Hall–Kier alpha value is -5.65. The average molecular weight is 949 g/mol. The Bertz CT molecular complexity index is 2180. The predicted molar refractivity (Wildman–Crippen MR) is 229 cm³/mol. The first-order valence-electron chi connectivity index (χ1n) is 18.8. The maximum atomic E-state index is 4.57. The largest absolute Gasteiger partial charge is 0.501 e. The number of hydrogen-bond acceptors (Lipinski definition) is 12. The van der Waals surface area contributed by atoms with Crippen molar-refractivity contribution in [3.8, 4) is 0 Å². The van der Waals surface area contributed by atoms with Crippen LogP contribution in [0.15, 0.2) is 54.6 Å². The molecule has 0 aliphatic carbocycles. The Morgan fingerprint density at radius 3 is 0.914 bits per heavy atom. The van der Waals surface area contributed by atoms with Gasteiger partial charge in [-0.05, 0) is 62.7 Å². The molecule has 0 atom stereocenters. The van der Waals surface area contributed by atoms with Gasteiger partial charge in [-0.2, -0.15) is 91.3 Å². The summed E-state index contributed by atoms with van der Waals surface area (Å²) in [6.07, 6.45) is 0. The summed E-state index contributed by atoms with van der Waals surface area (Å²) in [5.41, 5.74) is 12.8. The molecule has 0 amide bonds. The van der Waals surface area contributed by atoms with Crippen LogP contribution in [0.3, 0.4) is 0 Å². The van der Waals surface area contributed by atoms with E-state index in [1.54, 1.807) is 0 Å². The van der Waals surface area contributed by atoms with Crippen molar-refractivity contribution in [3.05, 3.63) is 144 Å². The fraction of sp³-hybridized carbons (Fsp3) is 0.267. The zero-order valence-corrected chi connectivity index (χ0v) is 37.5. The monoisotopic (exact) mass is 949 g/mol. The Morgan fingerprint density at radius 2 is 0.672 bits per heavy atom. The second kappa shape index (κ2) is 17.1. The molecule has 303 valence electrons. The van der Waals surface area contributed by atoms with Crippen LogP contribution >= 0.6 is 0 Å². The van der Waals surface area contributed by atoms with Crippen LogP contribution in [0.25, 0.3) is 0 Å². The third-order valence-corrected chi connectivity index (χ3v) is 9.67. The molecule has 6 aromatic rings. The average Bonchev–Trinajstić information content (AvgIpc) is 3.78. The molecule has 0 saturated carbocycles. The van der Waals surface area contributed by atoms with E-state index in [2.05, 4.69) is 116 Å². The van der Waals surface area contributed by atoms with Crippen molar-refractivity contribution in [1.82, 2.24) is 29.9 Å². The fourth-order valence-electron chi connectivity index (χ4n) is 7.30. The van der Waals surface area contributed by atoms with Gasteiger partial charge in [-0.1, -0.05) is 20.8 Å². The van der Waals surface area contributed by atoms with Crippen molar-refractivity contribution < 1.29 is 20.1 Å². The van der Waals surface area contributed by atoms with Gasteiger partial charge >= 0.3 is 0 Å². The van der Waals surface area contributed by atoms with E-state index in [9.17, 15) is 0 Å². The molecule has 0 saturated heterocycles. The van der Waals surface area contributed by atoms with E-state index in [0.717, 1.165) is 86.1 Å². The third kappa shape index (κ3) is 8.47. The molecule has 3 aromatic carbocycles. The van der Waals surface area contributed by atoms with Crippen molar-refractivity contribution in [2.24, 2.45) is 0 Å². The summed E-state index contributed by atoms with van der Waals surface area (Å²) in [6, 6.07) is 28.0. The van der Waals surface area contributed by atoms with Gasteiger partial charge < -0.3 is 29.4 Å². The summed E-state index contributed by atoms with van der Waals surface area (Å²) in [4.78, 5) is 39.4. The summed E-state index contributed by atoms with van der Waals surface area (Å²) in [6.45, 7) is 24.1. The molecule has 3 aliphatic heterocycles. The quantitative estimate of drug-likeness (QED) is 0.159. The maximum Gasteiger partial charge on any atom is 0.128 e. The number of hydrogen-bond donors (Lipinski definition) is 0. The van der Waals surface area contributed by atoms with Crippen LogP contribution in [-0.2, 0) is 20.1 Å². The summed E-state index contributed by atoms with van der Waals surface area (Å²) in [5, 5.41) is 0. The van der Waals surface area contributed by atoms with Crippen LogP contribution in [0.1, 0.15) is 51.2 Å². The van der Waals surface area contributed by atoms with E-state index >= 15 is 0 Å². The van der Waals surface area contributed by atoms with E-state index in [4.69, 9.17) is 0 Å². The molecule has 0 spiro atoms. The predicted octanol–water partition coefficient (Wildman–Crippen LogP) is 8.73. The minimum absolute atomic E-state index is 0. The topological polar surface area (TPSA) is 96.8 Å². The van der Waals surface area contributed by atoms with Gasteiger partial charge in [0.2, 0.25) is 0 Å². The van der Waals surface area contributed by atoms with E-state index in [0.29, 0.717) is 0 Å². The van der Waals surface area contributed by atoms with Crippen molar-refractivity contribution in [2.75, 3.05) is 50.5 Å².